The second kappa shape index (κ2) is 7.77. The molecule has 0 aromatic carbocycles. The number of hydrogen-bond donors (Lipinski definition) is 1. The first kappa shape index (κ1) is 18.7. The third-order valence-electron chi connectivity index (χ3n) is 3.78. The van der Waals surface area contributed by atoms with Crippen molar-refractivity contribution in [2.75, 3.05) is 0 Å². The minimum Gasteiger partial charge on any atom is -0.444 e. The van der Waals surface area contributed by atoms with Crippen molar-refractivity contribution < 1.29 is 19.1 Å². The maximum atomic E-state index is 11.9. The lowest BCUT2D eigenvalue weighted by molar-refractivity contribution is -0.105. The van der Waals surface area contributed by atoms with Gasteiger partial charge in [0.05, 0.1) is 18.2 Å². The van der Waals surface area contributed by atoms with E-state index < -0.39 is 11.7 Å². The van der Waals surface area contributed by atoms with Crippen LogP contribution in [0.4, 0.5) is 4.79 Å². The summed E-state index contributed by atoms with van der Waals surface area (Å²) in [6, 6.07) is -0.0581. The molecule has 0 spiro atoms. The van der Waals surface area contributed by atoms with E-state index in [0.29, 0.717) is 5.92 Å². The molecule has 1 rings (SSSR count). The lowest BCUT2D eigenvalue weighted by atomic mass is 9.88. The number of carbonyl (C=O) groups excluding carboxylic acids is 2. The Kier molecular flexibility index (Phi) is 6.60. The number of rotatable bonds is 4. The van der Waals surface area contributed by atoms with Gasteiger partial charge in [-0.25, -0.2) is 4.79 Å². The second-order valence-electron chi connectivity index (χ2n) is 7.15. The van der Waals surface area contributed by atoms with Crippen LogP contribution in [0.15, 0.2) is 11.6 Å². The third kappa shape index (κ3) is 6.18. The van der Waals surface area contributed by atoms with E-state index in [1.165, 1.54) is 0 Å². The number of hydrogen-bond acceptors (Lipinski definition) is 4. The smallest absolute Gasteiger partial charge is 0.407 e. The highest BCUT2D eigenvalue weighted by Gasteiger charge is 2.34. The highest BCUT2D eigenvalue weighted by Crippen LogP contribution is 2.28. The minimum atomic E-state index is -0.506. The van der Waals surface area contributed by atoms with Gasteiger partial charge in [0.1, 0.15) is 11.9 Å². The van der Waals surface area contributed by atoms with Crippen LogP contribution in [0.5, 0.6) is 0 Å². The number of alkyl carbamates (subject to hydrolysis) is 1. The summed E-state index contributed by atoms with van der Waals surface area (Å²) in [5.41, 5.74) is 0.214. The van der Waals surface area contributed by atoms with Crippen molar-refractivity contribution in [2.24, 2.45) is 5.92 Å². The van der Waals surface area contributed by atoms with Gasteiger partial charge in [-0.2, -0.15) is 0 Å². The molecule has 1 aliphatic heterocycles. The van der Waals surface area contributed by atoms with E-state index >= 15 is 0 Å². The van der Waals surface area contributed by atoms with Crippen LogP contribution in [-0.4, -0.2) is 36.2 Å². The van der Waals surface area contributed by atoms with Crippen molar-refractivity contribution in [1.82, 2.24) is 5.32 Å². The largest absolute Gasteiger partial charge is 0.444 e. The Morgan fingerprint density at radius 1 is 1.36 bits per heavy atom. The van der Waals surface area contributed by atoms with Crippen LogP contribution in [0.3, 0.4) is 0 Å². The molecule has 0 aromatic heterocycles. The van der Waals surface area contributed by atoms with Gasteiger partial charge < -0.3 is 14.8 Å². The Labute approximate surface area is 133 Å². The zero-order valence-corrected chi connectivity index (χ0v) is 14.5. The van der Waals surface area contributed by atoms with Gasteiger partial charge in [0, 0.05) is 0 Å². The topological polar surface area (TPSA) is 64.6 Å². The Morgan fingerprint density at radius 3 is 2.55 bits per heavy atom. The normalized spacial score (nSPS) is 29.8. The molecule has 1 fully saturated rings. The van der Waals surface area contributed by atoms with Crippen LogP contribution >= 0.6 is 0 Å². The summed E-state index contributed by atoms with van der Waals surface area (Å²) < 4.78 is 11.3. The molecule has 5 nitrogen and oxygen atoms in total. The number of aldehydes is 1. The summed E-state index contributed by atoms with van der Waals surface area (Å²) >= 11 is 0. The molecule has 5 heteroatoms. The van der Waals surface area contributed by atoms with Gasteiger partial charge in [-0.15, -0.1) is 0 Å². The van der Waals surface area contributed by atoms with Crippen molar-refractivity contribution in [1.29, 1.82) is 0 Å². The molecule has 126 valence electrons. The van der Waals surface area contributed by atoms with E-state index in [9.17, 15) is 9.59 Å². The van der Waals surface area contributed by atoms with Gasteiger partial charge in [-0.05, 0) is 59.0 Å². The quantitative estimate of drug-likeness (QED) is 0.639. The van der Waals surface area contributed by atoms with Gasteiger partial charge in [0.2, 0.25) is 0 Å². The summed E-state index contributed by atoms with van der Waals surface area (Å²) in [4.78, 5) is 22.5. The summed E-state index contributed by atoms with van der Waals surface area (Å²) in [6.45, 7) is 11.4. The van der Waals surface area contributed by atoms with Crippen molar-refractivity contribution in [3.8, 4) is 0 Å². The molecule has 1 aliphatic rings. The standard InChI is InChI=1S/C17H29NO4/c1-11(10-19)7-8-15-12(2)9-14(13(3)21-15)18-16(20)22-17(4,5)6/h7,10,12-15H,8-9H2,1-6H3,(H,18,20)/b11-7+/t12-,13+,14+,15-/m0/s1. The zero-order chi connectivity index (χ0) is 16.9. The number of amides is 1. The number of allylic oxidation sites excluding steroid dienone is 1. The molecule has 0 aliphatic carbocycles. The molecule has 0 saturated carbocycles. The first-order valence-electron chi connectivity index (χ1n) is 7.89. The zero-order valence-electron chi connectivity index (χ0n) is 14.5. The summed E-state index contributed by atoms with van der Waals surface area (Å²) in [6.07, 6.45) is 3.89. The molecule has 1 heterocycles. The van der Waals surface area contributed by atoms with Gasteiger partial charge in [0.15, 0.2) is 0 Å². The highest BCUT2D eigenvalue weighted by atomic mass is 16.6. The molecule has 0 bridgehead atoms. The molecule has 22 heavy (non-hydrogen) atoms. The Balaban J connectivity index is 2.55. The van der Waals surface area contributed by atoms with Crippen LogP contribution < -0.4 is 5.32 Å². The minimum absolute atomic E-state index is 0.0581. The maximum absolute atomic E-state index is 11.9. The second-order valence-corrected chi connectivity index (χ2v) is 7.15. The average Bonchev–Trinajstić information content (AvgIpc) is 2.38. The first-order chi connectivity index (χ1) is 10.1. The molecule has 1 amide bonds. The predicted octanol–water partition coefficient (Wildman–Crippen LogP) is 3.23. The highest BCUT2D eigenvalue weighted by molar-refractivity contribution is 5.71. The number of carbonyl (C=O) groups is 2. The van der Waals surface area contributed by atoms with Crippen LogP contribution in [0.25, 0.3) is 0 Å². The van der Waals surface area contributed by atoms with E-state index in [1.54, 1.807) is 6.92 Å². The molecule has 1 saturated heterocycles. The number of ether oxygens (including phenoxy) is 2. The van der Waals surface area contributed by atoms with E-state index in [4.69, 9.17) is 9.47 Å². The third-order valence-corrected chi connectivity index (χ3v) is 3.78. The molecule has 0 unspecified atom stereocenters. The van der Waals surface area contributed by atoms with Gasteiger partial charge in [-0.1, -0.05) is 13.0 Å². The van der Waals surface area contributed by atoms with Gasteiger partial charge in [0.25, 0.3) is 0 Å². The van der Waals surface area contributed by atoms with Gasteiger partial charge in [-0.3, -0.25) is 4.79 Å². The van der Waals surface area contributed by atoms with Crippen molar-refractivity contribution in [2.45, 2.75) is 78.2 Å². The Morgan fingerprint density at radius 2 is 2.00 bits per heavy atom. The lowest BCUT2D eigenvalue weighted by Crippen LogP contribution is -2.51. The van der Waals surface area contributed by atoms with Crippen LogP contribution in [0.2, 0.25) is 0 Å². The van der Waals surface area contributed by atoms with E-state index in [-0.39, 0.29) is 18.2 Å². The van der Waals surface area contributed by atoms with E-state index in [2.05, 4.69) is 12.2 Å². The predicted molar refractivity (Wildman–Crippen MR) is 85.7 cm³/mol. The molecule has 0 radical (unpaired) electrons. The summed E-state index contributed by atoms with van der Waals surface area (Å²) in [5, 5.41) is 2.89. The Bertz CT molecular complexity index is 425. The molecule has 4 atom stereocenters. The van der Waals surface area contributed by atoms with E-state index in [1.807, 2.05) is 33.8 Å². The fourth-order valence-corrected chi connectivity index (χ4v) is 2.52. The van der Waals surface area contributed by atoms with Crippen molar-refractivity contribution in [3.05, 3.63) is 11.6 Å². The van der Waals surface area contributed by atoms with Crippen molar-refractivity contribution in [3.63, 3.8) is 0 Å². The molecular formula is C17H29NO4. The SMILES string of the molecule is C/C(C=O)=C\C[C@@H]1O[C@H](C)[C@H](NC(=O)OC(C)(C)C)C[C@@H]1C. The van der Waals surface area contributed by atoms with Crippen LogP contribution in [0.1, 0.15) is 54.4 Å². The van der Waals surface area contributed by atoms with Crippen LogP contribution in [0, 0.1) is 5.92 Å². The van der Waals surface area contributed by atoms with E-state index in [0.717, 1.165) is 24.7 Å². The average molecular weight is 311 g/mol. The van der Waals surface area contributed by atoms with Gasteiger partial charge >= 0.3 is 6.09 Å². The summed E-state index contributed by atoms with van der Waals surface area (Å²) in [5.74, 6) is 0.298. The molecule has 1 N–H and O–H groups in total. The summed E-state index contributed by atoms with van der Waals surface area (Å²) in [7, 11) is 0. The monoisotopic (exact) mass is 311 g/mol. The first-order valence-corrected chi connectivity index (χ1v) is 7.89. The molecular weight excluding hydrogens is 282 g/mol. The van der Waals surface area contributed by atoms with Crippen molar-refractivity contribution >= 4 is 12.4 Å². The fraction of sp³-hybridized carbons (Fsp3) is 0.765. The molecule has 0 aromatic rings. The fourth-order valence-electron chi connectivity index (χ4n) is 2.52. The lowest BCUT2D eigenvalue weighted by Gasteiger charge is -2.39. The maximum Gasteiger partial charge on any atom is 0.407 e. The number of nitrogens with one attached hydrogen (secondary N) is 1. The van der Waals surface area contributed by atoms with Crippen LogP contribution in [-0.2, 0) is 14.3 Å². The Hall–Kier alpha value is -1.36.